The maximum absolute atomic E-state index is 13.7. The number of hydrogen-bond acceptors (Lipinski definition) is 12. The highest BCUT2D eigenvalue weighted by Gasteiger charge is 2.40. The second-order valence-electron chi connectivity index (χ2n) is 17.2. The topological polar surface area (TPSA) is 170 Å². The molecule has 2 aliphatic carbocycles. The van der Waals surface area contributed by atoms with E-state index in [1.54, 1.807) is 12.0 Å². The Hall–Kier alpha value is -4.66. The molecular weight excluding hydrogens is 769 g/mol. The molecule has 2 saturated heterocycles. The fourth-order valence-corrected chi connectivity index (χ4v) is 9.49. The number of nitrogens with zero attached hydrogens (tertiary/aromatic N) is 2. The van der Waals surface area contributed by atoms with Crippen LogP contribution in [-0.2, 0) is 59.0 Å². The van der Waals surface area contributed by atoms with Crippen LogP contribution in [0.3, 0.4) is 0 Å². The first kappa shape index (κ1) is 44.9. The van der Waals surface area contributed by atoms with E-state index in [1.165, 1.54) is 7.11 Å². The van der Waals surface area contributed by atoms with E-state index in [0.717, 1.165) is 78.3 Å². The molecule has 0 spiro atoms. The van der Waals surface area contributed by atoms with E-state index in [4.69, 9.17) is 18.9 Å². The summed E-state index contributed by atoms with van der Waals surface area (Å²) < 4.78 is 21.2. The fourth-order valence-electron chi connectivity index (χ4n) is 9.49. The second-order valence-corrected chi connectivity index (χ2v) is 17.2. The molecule has 6 rings (SSSR count). The quantitative estimate of drug-likeness (QED) is 0.0910. The van der Waals surface area contributed by atoms with Crippen molar-refractivity contribution in [3.05, 3.63) is 57.6 Å². The molecule has 60 heavy (non-hydrogen) atoms. The standard InChI is InChI=1S/C46H62N4O10/c1-27(2)37(48-46(56)58-6)23-49-21-9-15-38(49)44(54)59-24-40(51)35-19-17-33(29-11-7-13-31(29)35)34-18-20-36(32-14-8-12-30(32)34)41(52)25-60-45(55)39-16-10-22-50(39)43(53)42(28(3)4)47-26-57-5/h17-20,27-28,37-39,42,47H,7-16,21-26H2,1-6H3,(H,48,56). The van der Waals surface area contributed by atoms with Crippen molar-refractivity contribution in [2.24, 2.45) is 11.8 Å². The number of carbonyl (C=O) groups is 6. The van der Waals surface area contributed by atoms with Gasteiger partial charge in [0.25, 0.3) is 0 Å². The van der Waals surface area contributed by atoms with Gasteiger partial charge in [0.1, 0.15) is 12.1 Å². The van der Waals surface area contributed by atoms with E-state index < -0.39 is 42.8 Å². The highest BCUT2D eigenvalue weighted by atomic mass is 16.5. The molecule has 2 aliphatic heterocycles. The Morgan fingerprint density at radius 1 is 0.683 bits per heavy atom. The second kappa shape index (κ2) is 20.3. The first-order valence-corrected chi connectivity index (χ1v) is 21.6. The Kier molecular flexibility index (Phi) is 15.2. The molecule has 2 N–H and O–H groups in total. The van der Waals surface area contributed by atoms with E-state index in [9.17, 15) is 28.8 Å². The number of carbonyl (C=O) groups excluding carboxylic acids is 6. The van der Waals surface area contributed by atoms with Crippen LogP contribution >= 0.6 is 0 Å². The summed E-state index contributed by atoms with van der Waals surface area (Å²) in [6.07, 6.45) is 6.96. The van der Waals surface area contributed by atoms with E-state index in [2.05, 4.69) is 10.6 Å². The molecule has 0 radical (unpaired) electrons. The van der Waals surface area contributed by atoms with Gasteiger partial charge in [0, 0.05) is 37.4 Å². The summed E-state index contributed by atoms with van der Waals surface area (Å²) in [6, 6.07) is 5.69. The van der Waals surface area contributed by atoms with Crippen LogP contribution in [0.15, 0.2) is 24.3 Å². The van der Waals surface area contributed by atoms with Gasteiger partial charge in [-0.3, -0.25) is 29.4 Å². The van der Waals surface area contributed by atoms with Crippen LogP contribution in [0, 0.1) is 11.8 Å². The van der Waals surface area contributed by atoms with Gasteiger partial charge in [0.15, 0.2) is 13.2 Å². The van der Waals surface area contributed by atoms with Crippen LogP contribution in [0.5, 0.6) is 0 Å². The third kappa shape index (κ3) is 9.92. The molecule has 2 heterocycles. The number of methoxy groups -OCH3 is 2. The van der Waals surface area contributed by atoms with Crippen LogP contribution in [-0.4, -0.2) is 123 Å². The van der Waals surface area contributed by atoms with Gasteiger partial charge in [0.05, 0.1) is 19.9 Å². The molecule has 0 aromatic heterocycles. The fraction of sp³-hybridized carbons (Fsp3) is 0.609. The number of rotatable bonds is 18. The Morgan fingerprint density at radius 2 is 1.22 bits per heavy atom. The summed E-state index contributed by atoms with van der Waals surface area (Å²) in [6.45, 7) is 8.95. The summed E-state index contributed by atoms with van der Waals surface area (Å²) in [4.78, 5) is 82.9. The predicted octanol–water partition coefficient (Wildman–Crippen LogP) is 4.84. The van der Waals surface area contributed by atoms with Crippen molar-refractivity contribution < 1.29 is 47.7 Å². The SMILES string of the molecule is COCNC(C(=O)N1CCCC1C(=O)OCC(=O)c1ccc(-c2ccc(C(=O)COC(=O)C3CCCN3CC(NC(=O)OC)C(C)C)c3c2CCC3)c2c1CCC2)C(C)C. The lowest BCUT2D eigenvalue weighted by atomic mass is 9.87. The Morgan fingerprint density at radius 3 is 1.75 bits per heavy atom. The number of likely N-dealkylation sites (tertiary alicyclic amines) is 2. The Balaban J connectivity index is 1.10. The molecule has 14 heteroatoms. The number of amides is 2. The molecule has 4 aliphatic rings. The van der Waals surface area contributed by atoms with E-state index >= 15 is 0 Å². The molecule has 4 unspecified atom stereocenters. The molecule has 0 saturated carbocycles. The van der Waals surface area contributed by atoms with Gasteiger partial charge in [0.2, 0.25) is 17.5 Å². The number of Topliss-reactive ketones (excluding diaryl/α,β-unsaturated/α-hetero) is 2. The van der Waals surface area contributed by atoms with Crippen molar-refractivity contribution in [1.82, 2.24) is 20.4 Å². The molecule has 2 amide bonds. The smallest absolute Gasteiger partial charge is 0.407 e. The lowest BCUT2D eigenvalue weighted by Crippen LogP contribution is -2.53. The molecule has 2 aromatic carbocycles. The summed E-state index contributed by atoms with van der Waals surface area (Å²) >= 11 is 0. The minimum Gasteiger partial charge on any atom is -0.456 e. The van der Waals surface area contributed by atoms with Crippen molar-refractivity contribution in [2.75, 3.05) is 53.8 Å². The predicted molar refractivity (Wildman–Crippen MR) is 224 cm³/mol. The summed E-state index contributed by atoms with van der Waals surface area (Å²) in [5.41, 5.74) is 7.38. The normalized spacial score (nSPS) is 19.6. The monoisotopic (exact) mass is 830 g/mol. The van der Waals surface area contributed by atoms with E-state index in [1.807, 2.05) is 56.9 Å². The molecule has 326 valence electrons. The number of benzene rings is 2. The summed E-state index contributed by atoms with van der Waals surface area (Å²) in [5.74, 6) is -1.59. The molecule has 4 atom stereocenters. The number of esters is 2. The third-order valence-corrected chi connectivity index (χ3v) is 12.7. The number of ketones is 2. The van der Waals surface area contributed by atoms with E-state index in [0.29, 0.717) is 50.0 Å². The highest BCUT2D eigenvalue weighted by Crippen LogP contribution is 2.40. The van der Waals surface area contributed by atoms with Gasteiger partial charge in [-0.1, -0.05) is 52.0 Å². The average Bonchev–Trinajstić information content (AvgIpc) is 4.08. The lowest BCUT2D eigenvalue weighted by molar-refractivity contribution is -0.153. The Labute approximate surface area is 353 Å². The van der Waals surface area contributed by atoms with Gasteiger partial charge < -0.3 is 29.2 Å². The van der Waals surface area contributed by atoms with Crippen LogP contribution in [0.1, 0.15) is 109 Å². The zero-order valence-electron chi connectivity index (χ0n) is 36.1. The van der Waals surface area contributed by atoms with Crippen LogP contribution in [0.25, 0.3) is 11.1 Å². The van der Waals surface area contributed by atoms with Gasteiger partial charge in [-0.25, -0.2) is 9.59 Å². The zero-order valence-corrected chi connectivity index (χ0v) is 36.1. The molecule has 2 fully saturated rings. The maximum atomic E-state index is 13.7. The molecule has 14 nitrogen and oxygen atoms in total. The zero-order chi connectivity index (χ0) is 43.1. The molecular formula is C46H62N4O10. The molecule has 0 bridgehead atoms. The van der Waals surface area contributed by atoms with E-state index in [-0.39, 0.29) is 48.7 Å². The van der Waals surface area contributed by atoms with Gasteiger partial charge >= 0.3 is 18.0 Å². The number of nitrogens with one attached hydrogen (secondary N) is 2. The van der Waals surface area contributed by atoms with Gasteiger partial charge in [-0.05, 0) is 116 Å². The first-order chi connectivity index (χ1) is 28.8. The highest BCUT2D eigenvalue weighted by molar-refractivity contribution is 6.02. The maximum Gasteiger partial charge on any atom is 0.407 e. The van der Waals surface area contributed by atoms with Crippen LogP contribution in [0.2, 0.25) is 0 Å². The average molecular weight is 831 g/mol. The number of hydrogen-bond donors (Lipinski definition) is 2. The van der Waals surface area contributed by atoms with Crippen molar-refractivity contribution in [1.29, 1.82) is 0 Å². The summed E-state index contributed by atoms with van der Waals surface area (Å²) in [5, 5.41) is 5.97. The number of fused-ring (bicyclic) bond motifs is 2. The first-order valence-electron chi connectivity index (χ1n) is 21.6. The van der Waals surface area contributed by atoms with Gasteiger partial charge in [-0.2, -0.15) is 0 Å². The lowest BCUT2D eigenvalue weighted by Gasteiger charge is -2.30. The largest absolute Gasteiger partial charge is 0.456 e. The van der Waals surface area contributed by atoms with Crippen LogP contribution < -0.4 is 10.6 Å². The van der Waals surface area contributed by atoms with Crippen molar-refractivity contribution in [2.45, 2.75) is 116 Å². The van der Waals surface area contributed by atoms with Crippen molar-refractivity contribution in [3.63, 3.8) is 0 Å². The number of ether oxygens (including phenoxy) is 4. The van der Waals surface area contributed by atoms with Crippen molar-refractivity contribution in [3.8, 4) is 11.1 Å². The third-order valence-electron chi connectivity index (χ3n) is 12.7. The van der Waals surface area contributed by atoms with Gasteiger partial charge in [-0.15, -0.1) is 0 Å². The number of alkyl carbamates (subject to hydrolysis) is 1. The summed E-state index contributed by atoms with van der Waals surface area (Å²) in [7, 11) is 2.87. The Bertz CT molecular complexity index is 1950. The molecule has 2 aromatic rings. The van der Waals surface area contributed by atoms with Crippen molar-refractivity contribution >= 4 is 35.5 Å². The minimum absolute atomic E-state index is 0.0155. The van der Waals surface area contributed by atoms with Crippen LogP contribution in [0.4, 0.5) is 4.79 Å². The minimum atomic E-state index is -0.739.